The average Bonchev–Trinajstić information content (AvgIpc) is 2.48. The second-order valence-electron chi connectivity index (χ2n) is 4.01. The fourth-order valence-corrected chi connectivity index (χ4v) is 2.80. The van der Waals surface area contributed by atoms with Gasteiger partial charge in [0.1, 0.15) is 0 Å². The summed E-state index contributed by atoms with van der Waals surface area (Å²) < 4.78 is 31.8. The summed E-state index contributed by atoms with van der Waals surface area (Å²) in [5.74, 6) is -0.146. The molecule has 0 saturated carbocycles. The molecular weight excluding hydrogens is 306 g/mol. The Morgan fingerprint density at radius 1 is 1.00 bits per heavy atom. The Kier molecular flexibility index (Phi) is 7.18. The van der Waals surface area contributed by atoms with Crippen LogP contribution in [0.25, 0.3) is 0 Å². The van der Waals surface area contributed by atoms with Gasteiger partial charge in [0.15, 0.2) is 9.79 Å². The number of benzene rings is 2. The fourth-order valence-electron chi connectivity index (χ4n) is 1.39. The van der Waals surface area contributed by atoms with Crippen molar-refractivity contribution in [3.63, 3.8) is 0 Å². The summed E-state index contributed by atoms with van der Waals surface area (Å²) in [4.78, 5) is 1.69. The molecule has 0 atom stereocenters. The fraction of sp³-hybridized carbons (Fsp3) is 0.0667. The Morgan fingerprint density at radius 2 is 1.38 bits per heavy atom. The minimum atomic E-state index is -3.29. The lowest BCUT2D eigenvalue weighted by molar-refractivity contribution is 0.595. The van der Waals surface area contributed by atoms with Gasteiger partial charge in [0.25, 0.3) is 0 Å². The van der Waals surface area contributed by atoms with Crippen LogP contribution in [0.2, 0.25) is 0 Å². The minimum absolute atomic E-state index is 0.146. The van der Waals surface area contributed by atoms with Gasteiger partial charge < -0.3 is 4.55 Å². The van der Waals surface area contributed by atoms with Gasteiger partial charge in [0.05, 0.1) is 5.75 Å². The van der Waals surface area contributed by atoms with Crippen molar-refractivity contribution in [2.24, 2.45) is 5.14 Å². The van der Waals surface area contributed by atoms with Crippen molar-refractivity contribution in [1.29, 1.82) is 0 Å². The molecule has 0 amide bonds. The van der Waals surface area contributed by atoms with E-state index in [1.807, 2.05) is 60.7 Å². The van der Waals surface area contributed by atoms with Crippen LogP contribution in [0.3, 0.4) is 0 Å². The van der Waals surface area contributed by atoms with Crippen LogP contribution in [0.5, 0.6) is 0 Å². The molecule has 2 aromatic rings. The highest BCUT2D eigenvalue weighted by Gasteiger charge is 2.12. The number of hydrogen-bond donors (Lipinski definition) is 1. The van der Waals surface area contributed by atoms with Gasteiger partial charge >= 0.3 is 0 Å². The molecule has 4 nitrogen and oxygen atoms in total. The lowest BCUT2D eigenvalue weighted by atomic mass is 10.4. The van der Waals surface area contributed by atoms with E-state index in [2.05, 4.69) is 11.7 Å². The quantitative estimate of drug-likeness (QED) is 0.692. The first-order valence-electron chi connectivity index (χ1n) is 6.07. The number of rotatable bonds is 4. The Balaban J connectivity index is 0.000000270. The lowest BCUT2D eigenvalue weighted by Crippen LogP contribution is -2.14. The summed E-state index contributed by atoms with van der Waals surface area (Å²) in [5.41, 5.74) is 0. The zero-order valence-electron chi connectivity index (χ0n) is 11.4. The van der Waals surface area contributed by atoms with Crippen molar-refractivity contribution in [2.45, 2.75) is 9.79 Å². The van der Waals surface area contributed by atoms with Crippen molar-refractivity contribution < 1.29 is 13.0 Å². The topological polar surface area (TPSA) is 83.2 Å². The monoisotopic (exact) mass is 323 g/mol. The molecule has 0 aliphatic rings. The number of sulfonamides is 1. The van der Waals surface area contributed by atoms with Gasteiger partial charge in [0, 0.05) is 11.2 Å². The summed E-state index contributed by atoms with van der Waals surface area (Å²) in [6, 6.07) is 19.0. The maximum atomic E-state index is 12.0. The van der Waals surface area contributed by atoms with Crippen LogP contribution in [0, 0.1) is 0 Å². The molecule has 21 heavy (non-hydrogen) atoms. The SMILES string of the molecule is C=CCS(N)(=O)=O.[O-][S+](c1ccccc1)c1ccccc1. The highest BCUT2D eigenvalue weighted by Crippen LogP contribution is 2.19. The van der Waals surface area contributed by atoms with Crippen LogP contribution < -0.4 is 5.14 Å². The number of nitrogens with two attached hydrogens (primary N) is 1. The zero-order valence-corrected chi connectivity index (χ0v) is 13.0. The van der Waals surface area contributed by atoms with Gasteiger partial charge in [-0.2, -0.15) is 0 Å². The molecule has 0 aromatic heterocycles. The van der Waals surface area contributed by atoms with Gasteiger partial charge in [-0.3, -0.25) is 0 Å². The third-order valence-electron chi connectivity index (χ3n) is 2.26. The molecule has 0 bridgehead atoms. The maximum absolute atomic E-state index is 12.0. The van der Waals surface area contributed by atoms with E-state index in [-0.39, 0.29) is 5.75 Å². The smallest absolute Gasteiger partial charge is 0.212 e. The summed E-state index contributed by atoms with van der Waals surface area (Å²) in [6.45, 7) is 3.19. The molecular formula is C15H17NO3S2. The van der Waals surface area contributed by atoms with Gasteiger partial charge in [-0.25, -0.2) is 13.6 Å². The van der Waals surface area contributed by atoms with E-state index < -0.39 is 21.2 Å². The van der Waals surface area contributed by atoms with E-state index in [0.717, 1.165) is 9.79 Å². The van der Waals surface area contributed by atoms with Gasteiger partial charge in [-0.1, -0.05) is 42.5 Å². The molecule has 0 aliphatic carbocycles. The second-order valence-corrected chi connectivity index (χ2v) is 7.15. The van der Waals surface area contributed by atoms with E-state index in [1.54, 1.807) is 0 Å². The Hall–Kier alpha value is -1.60. The highest BCUT2D eigenvalue weighted by atomic mass is 32.2. The van der Waals surface area contributed by atoms with Crippen molar-refractivity contribution in [1.82, 2.24) is 0 Å². The summed E-state index contributed by atoms with van der Waals surface area (Å²) in [7, 11) is -3.29. The van der Waals surface area contributed by atoms with Gasteiger partial charge in [-0.05, 0) is 24.3 Å². The summed E-state index contributed by atoms with van der Waals surface area (Å²) in [5, 5.41) is 4.55. The largest absolute Gasteiger partial charge is 0.606 e. The van der Waals surface area contributed by atoms with Crippen LogP contribution in [0.4, 0.5) is 0 Å². The lowest BCUT2D eigenvalue weighted by Gasteiger charge is -2.08. The third kappa shape index (κ3) is 7.10. The third-order valence-corrected chi connectivity index (χ3v) is 4.37. The van der Waals surface area contributed by atoms with E-state index >= 15 is 0 Å². The summed E-state index contributed by atoms with van der Waals surface area (Å²) in [6.07, 6.45) is 1.25. The van der Waals surface area contributed by atoms with Crippen LogP contribution in [-0.2, 0) is 21.2 Å². The predicted octanol–water partition coefficient (Wildman–Crippen LogP) is 2.31. The van der Waals surface area contributed by atoms with Crippen LogP contribution in [-0.4, -0.2) is 18.7 Å². The Labute approximate surface area is 128 Å². The Bertz CT molecular complexity index is 604. The zero-order chi connectivity index (χ0) is 15.7. The van der Waals surface area contributed by atoms with E-state index in [4.69, 9.17) is 0 Å². The standard InChI is InChI=1S/C12H10OS.C3H7NO2S/c13-14(11-7-3-1-4-8-11)12-9-5-2-6-10-12;1-2-3-7(4,5)6/h1-10H;2H,1,3H2,(H2,4,5,6). The predicted molar refractivity (Wildman–Crippen MR) is 85.7 cm³/mol. The molecule has 0 aliphatic heterocycles. The highest BCUT2D eigenvalue weighted by molar-refractivity contribution is 7.91. The first-order valence-corrected chi connectivity index (χ1v) is 8.94. The molecule has 2 rings (SSSR count). The minimum Gasteiger partial charge on any atom is -0.606 e. The van der Waals surface area contributed by atoms with Gasteiger partial charge in [0.2, 0.25) is 10.0 Å². The Morgan fingerprint density at radius 3 is 1.62 bits per heavy atom. The maximum Gasteiger partial charge on any atom is 0.212 e. The van der Waals surface area contributed by atoms with Crippen molar-refractivity contribution in [3.8, 4) is 0 Å². The van der Waals surface area contributed by atoms with E-state index in [9.17, 15) is 13.0 Å². The summed E-state index contributed by atoms with van der Waals surface area (Å²) >= 11 is -1.05. The molecule has 0 heterocycles. The second kappa shape index (κ2) is 8.63. The number of hydrogen-bond acceptors (Lipinski definition) is 3. The first kappa shape index (κ1) is 17.5. The molecule has 112 valence electrons. The molecule has 0 unspecified atom stereocenters. The van der Waals surface area contributed by atoms with Crippen molar-refractivity contribution in [2.75, 3.05) is 5.75 Å². The van der Waals surface area contributed by atoms with Gasteiger partial charge in [-0.15, -0.1) is 6.58 Å². The van der Waals surface area contributed by atoms with Crippen LogP contribution in [0.15, 0.2) is 83.1 Å². The molecule has 6 heteroatoms. The van der Waals surface area contributed by atoms with E-state index in [1.165, 1.54) is 6.08 Å². The van der Waals surface area contributed by atoms with E-state index in [0.29, 0.717) is 0 Å². The molecule has 2 aromatic carbocycles. The molecule has 0 saturated heterocycles. The molecule has 0 radical (unpaired) electrons. The number of primary sulfonamides is 1. The van der Waals surface area contributed by atoms with Crippen LogP contribution in [0.1, 0.15) is 0 Å². The normalized spacial score (nSPS) is 10.6. The molecule has 0 fully saturated rings. The van der Waals surface area contributed by atoms with Crippen LogP contribution >= 0.6 is 0 Å². The average molecular weight is 323 g/mol. The van der Waals surface area contributed by atoms with Crippen molar-refractivity contribution >= 4 is 21.2 Å². The van der Waals surface area contributed by atoms with Crippen molar-refractivity contribution in [3.05, 3.63) is 73.3 Å². The molecule has 2 N–H and O–H groups in total. The first-order chi connectivity index (χ1) is 9.94. The molecule has 0 spiro atoms.